The van der Waals surface area contributed by atoms with Gasteiger partial charge in [-0.3, -0.25) is 14.4 Å². The van der Waals surface area contributed by atoms with Gasteiger partial charge in [-0.25, -0.2) is 8.42 Å². The largest absolute Gasteiger partial charge is 0.296 e. The van der Waals surface area contributed by atoms with Gasteiger partial charge >= 0.3 is 0 Å². The average molecular weight is 527 g/mol. The molecule has 0 fully saturated rings. The van der Waals surface area contributed by atoms with E-state index in [2.05, 4.69) is 15.5 Å². The van der Waals surface area contributed by atoms with Crippen LogP contribution in [-0.2, 0) is 16.6 Å². The summed E-state index contributed by atoms with van der Waals surface area (Å²) in [6.45, 7) is 3.96. The van der Waals surface area contributed by atoms with Gasteiger partial charge in [-0.05, 0) is 60.9 Å². The van der Waals surface area contributed by atoms with E-state index in [1.807, 2.05) is 44.2 Å². The first-order valence-corrected chi connectivity index (χ1v) is 13.7. The van der Waals surface area contributed by atoms with Gasteiger partial charge in [0.25, 0.3) is 5.91 Å². The van der Waals surface area contributed by atoms with E-state index in [-0.39, 0.29) is 12.5 Å². The molecule has 1 heterocycles. The molecule has 0 saturated carbocycles. The molecule has 35 heavy (non-hydrogen) atoms. The smallest absolute Gasteiger partial charge is 0.257 e. The van der Waals surface area contributed by atoms with Gasteiger partial charge in [0, 0.05) is 16.1 Å². The Kier molecular flexibility index (Phi) is 7.20. The second kappa shape index (κ2) is 10.2. The van der Waals surface area contributed by atoms with Gasteiger partial charge in [0.1, 0.15) is 5.01 Å². The number of benzene rings is 3. The highest BCUT2D eigenvalue weighted by Gasteiger charge is 2.20. The Balaban J connectivity index is 1.48. The molecule has 1 N–H and O–H groups in total. The summed E-state index contributed by atoms with van der Waals surface area (Å²) in [4.78, 5) is 12.7. The summed E-state index contributed by atoms with van der Waals surface area (Å²) in [5.74, 6) is -0.329. The number of carbonyl (C=O) groups excluding carboxylic acids is 1. The Morgan fingerprint density at radius 1 is 1.00 bits per heavy atom. The molecule has 0 spiro atoms. The zero-order valence-corrected chi connectivity index (χ0v) is 21.7. The number of aryl methyl sites for hydroxylation is 2. The van der Waals surface area contributed by atoms with Crippen molar-refractivity contribution >= 4 is 49.7 Å². The second-order valence-electron chi connectivity index (χ2n) is 8.13. The third kappa shape index (κ3) is 6.05. The summed E-state index contributed by atoms with van der Waals surface area (Å²) >= 11 is 7.18. The molecule has 10 heteroatoms. The molecule has 0 unspecified atom stereocenters. The summed E-state index contributed by atoms with van der Waals surface area (Å²) in [7, 11) is -3.51. The maximum atomic E-state index is 12.7. The molecule has 0 aliphatic carbocycles. The Morgan fingerprint density at radius 3 is 2.34 bits per heavy atom. The number of amides is 1. The number of rotatable bonds is 7. The van der Waals surface area contributed by atoms with E-state index >= 15 is 0 Å². The summed E-state index contributed by atoms with van der Waals surface area (Å²) < 4.78 is 26.5. The predicted octanol–water partition coefficient (Wildman–Crippen LogP) is 5.69. The van der Waals surface area contributed by atoms with Crippen LogP contribution in [0.5, 0.6) is 0 Å². The quantitative estimate of drug-likeness (QED) is 0.334. The number of hydrogen-bond donors (Lipinski definition) is 1. The normalized spacial score (nSPS) is 11.3. The molecule has 4 rings (SSSR count). The van der Waals surface area contributed by atoms with Gasteiger partial charge in [0.2, 0.25) is 15.2 Å². The minimum absolute atomic E-state index is 0.159. The van der Waals surface area contributed by atoms with E-state index in [1.165, 1.54) is 21.9 Å². The van der Waals surface area contributed by atoms with Crippen molar-refractivity contribution in [1.82, 2.24) is 10.2 Å². The molecule has 7 nitrogen and oxygen atoms in total. The van der Waals surface area contributed by atoms with Crippen LogP contribution in [0.3, 0.4) is 0 Å². The highest BCUT2D eigenvalue weighted by atomic mass is 35.5. The fourth-order valence-electron chi connectivity index (χ4n) is 3.45. The molecule has 3 aromatic carbocycles. The number of hydrogen-bond acceptors (Lipinski definition) is 6. The fraction of sp³-hybridized carbons (Fsp3) is 0.160. The van der Waals surface area contributed by atoms with Crippen LogP contribution in [0.15, 0.2) is 66.7 Å². The zero-order valence-electron chi connectivity index (χ0n) is 19.3. The van der Waals surface area contributed by atoms with E-state index in [0.717, 1.165) is 22.3 Å². The summed E-state index contributed by atoms with van der Waals surface area (Å²) in [5.41, 5.74) is 4.52. The number of nitrogens with zero attached hydrogens (tertiary/aromatic N) is 3. The minimum atomic E-state index is -3.51. The number of nitrogens with one attached hydrogen (secondary N) is 1. The van der Waals surface area contributed by atoms with E-state index in [9.17, 15) is 13.2 Å². The molecule has 1 amide bonds. The maximum Gasteiger partial charge on any atom is 0.257 e. The van der Waals surface area contributed by atoms with Gasteiger partial charge in [-0.2, -0.15) is 0 Å². The lowest BCUT2D eigenvalue weighted by Crippen LogP contribution is -2.30. The lowest BCUT2D eigenvalue weighted by molar-refractivity contribution is 0.102. The second-order valence-corrected chi connectivity index (χ2v) is 11.5. The predicted molar refractivity (Wildman–Crippen MR) is 142 cm³/mol. The minimum Gasteiger partial charge on any atom is -0.296 e. The first kappa shape index (κ1) is 24.8. The van der Waals surface area contributed by atoms with Crippen LogP contribution in [0.2, 0.25) is 5.02 Å². The van der Waals surface area contributed by atoms with E-state index in [4.69, 9.17) is 11.6 Å². The number of halogens is 1. The molecular formula is C25H23ClN4O3S2. The van der Waals surface area contributed by atoms with Crippen LogP contribution >= 0.6 is 22.9 Å². The number of sulfonamides is 1. The molecule has 0 aliphatic heterocycles. The molecule has 0 radical (unpaired) electrons. The van der Waals surface area contributed by atoms with Crippen LogP contribution in [0.4, 0.5) is 10.8 Å². The van der Waals surface area contributed by atoms with Crippen LogP contribution in [-0.4, -0.2) is 30.8 Å². The first-order valence-electron chi connectivity index (χ1n) is 10.6. The van der Waals surface area contributed by atoms with Crippen molar-refractivity contribution in [2.24, 2.45) is 0 Å². The molecule has 0 bridgehead atoms. The molecule has 4 aromatic rings. The molecular weight excluding hydrogens is 504 g/mol. The van der Waals surface area contributed by atoms with E-state index in [1.54, 1.807) is 36.4 Å². The Hall–Kier alpha value is -3.27. The van der Waals surface area contributed by atoms with Gasteiger partial charge in [-0.15, -0.1) is 10.2 Å². The van der Waals surface area contributed by atoms with Crippen LogP contribution < -0.4 is 9.62 Å². The third-order valence-electron chi connectivity index (χ3n) is 5.31. The van der Waals surface area contributed by atoms with Gasteiger partial charge in [0.05, 0.1) is 18.5 Å². The van der Waals surface area contributed by atoms with Gasteiger partial charge in [-0.1, -0.05) is 59.3 Å². The van der Waals surface area contributed by atoms with Crippen LogP contribution in [0.1, 0.15) is 27.0 Å². The third-order valence-corrected chi connectivity index (χ3v) is 7.58. The van der Waals surface area contributed by atoms with E-state index in [0.29, 0.717) is 26.4 Å². The van der Waals surface area contributed by atoms with Gasteiger partial charge < -0.3 is 0 Å². The molecule has 0 saturated heterocycles. The van der Waals surface area contributed by atoms with Gasteiger partial charge in [0.15, 0.2) is 0 Å². The number of aromatic nitrogens is 2. The standard InChI is InChI=1S/C25H23ClN4O3S2/c1-16-4-5-17(2)22(14-16)30(35(3,32)33)15-18-6-8-19(9-7-18)23(31)27-25-29-28-24(34-25)20-10-12-21(26)13-11-20/h4-14H,15H2,1-3H3,(H,27,29,31). The Morgan fingerprint density at radius 2 is 1.69 bits per heavy atom. The monoisotopic (exact) mass is 526 g/mol. The summed E-state index contributed by atoms with van der Waals surface area (Å²) in [5, 5.41) is 12.6. The van der Waals surface area contributed by atoms with Crippen molar-refractivity contribution in [3.05, 3.63) is 94.0 Å². The Bertz CT molecular complexity index is 1470. The average Bonchev–Trinajstić information content (AvgIpc) is 3.27. The lowest BCUT2D eigenvalue weighted by atomic mass is 10.1. The lowest BCUT2D eigenvalue weighted by Gasteiger charge is -2.25. The Labute approximate surface area is 213 Å². The maximum absolute atomic E-state index is 12.7. The van der Waals surface area contributed by atoms with Crippen molar-refractivity contribution < 1.29 is 13.2 Å². The molecule has 0 aliphatic rings. The van der Waals surface area contributed by atoms with Crippen molar-refractivity contribution in [2.75, 3.05) is 15.9 Å². The van der Waals surface area contributed by atoms with Crippen molar-refractivity contribution in [3.63, 3.8) is 0 Å². The van der Waals surface area contributed by atoms with E-state index < -0.39 is 10.0 Å². The zero-order chi connectivity index (χ0) is 25.2. The first-order chi connectivity index (χ1) is 16.6. The van der Waals surface area contributed by atoms with Crippen molar-refractivity contribution in [1.29, 1.82) is 0 Å². The SMILES string of the molecule is Cc1ccc(C)c(N(Cc2ccc(C(=O)Nc3nnc(-c4ccc(Cl)cc4)s3)cc2)S(C)(=O)=O)c1. The van der Waals surface area contributed by atoms with Crippen molar-refractivity contribution in [3.8, 4) is 10.6 Å². The highest BCUT2D eigenvalue weighted by Crippen LogP contribution is 2.28. The number of anilines is 2. The number of carbonyl (C=O) groups is 1. The molecule has 180 valence electrons. The van der Waals surface area contributed by atoms with Crippen molar-refractivity contribution in [2.45, 2.75) is 20.4 Å². The van der Waals surface area contributed by atoms with Crippen LogP contribution in [0.25, 0.3) is 10.6 Å². The fourth-order valence-corrected chi connectivity index (χ4v) is 5.26. The molecule has 1 aromatic heterocycles. The van der Waals surface area contributed by atoms with Crippen LogP contribution in [0, 0.1) is 13.8 Å². The highest BCUT2D eigenvalue weighted by molar-refractivity contribution is 7.92. The summed E-state index contributed by atoms with van der Waals surface area (Å²) in [6.07, 6.45) is 1.19. The summed E-state index contributed by atoms with van der Waals surface area (Å²) in [6, 6.07) is 19.7. The molecule has 0 atom stereocenters. The topological polar surface area (TPSA) is 92.3 Å².